The van der Waals surface area contributed by atoms with Crippen molar-refractivity contribution in [2.75, 3.05) is 39.8 Å². The fourth-order valence-electron chi connectivity index (χ4n) is 6.54. The molecule has 208 valence electrons. The third-order valence-corrected chi connectivity index (χ3v) is 9.37. The third kappa shape index (κ3) is 5.43. The second-order valence-electron chi connectivity index (χ2n) is 11.0. The number of benzene rings is 2. The van der Waals surface area contributed by atoms with E-state index in [9.17, 15) is 14.0 Å². The van der Waals surface area contributed by atoms with Gasteiger partial charge in [-0.2, -0.15) is 11.3 Å². The van der Waals surface area contributed by atoms with Gasteiger partial charge in [0, 0.05) is 37.1 Å². The van der Waals surface area contributed by atoms with Crippen LogP contribution in [0.5, 0.6) is 0 Å². The number of thiophene rings is 1. The van der Waals surface area contributed by atoms with Gasteiger partial charge in [-0.1, -0.05) is 24.3 Å². The molecule has 8 heteroatoms. The number of fused-ring (bicyclic) bond motifs is 1. The van der Waals surface area contributed by atoms with Crippen LogP contribution in [0, 0.1) is 11.7 Å². The van der Waals surface area contributed by atoms with Crippen molar-refractivity contribution in [3.05, 3.63) is 94.1 Å². The molecule has 40 heavy (non-hydrogen) atoms. The third-order valence-electron chi connectivity index (χ3n) is 8.67. The molecule has 2 aromatic heterocycles. The first-order valence-electron chi connectivity index (χ1n) is 13.9. The number of aromatic nitrogens is 1. The molecule has 6 nitrogen and oxygen atoms in total. The molecule has 6 rings (SSSR count). The minimum absolute atomic E-state index is 0.00756. The summed E-state index contributed by atoms with van der Waals surface area (Å²) in [4.78, 5) is 30.6. The van der Waals surface area contributed by atoms with E-state index in [1.54, 1.807) is 23.5 Å². The summed E-state index contributed by atoms with van der Waals surface area (Å²) in [6.07, 6.45) is 3.96. The van der Waals surface area contributed by atoms with Crippen LogP contribution < -0.4 is 0 Å². The number of nitrogens with zero attached hydrogens (tertiary/aromatic N) is 3. The monoisotopic (exact) mass is 559 g/mol. The second-order valence-corrected chi connectivity index (χ2v) is 11.8. The number of likely N-dealkylation sites (tertiary alicyclic amines) is 2. The maximum atomic E-state index is 14.0. The van der Waals surface area contributed by atoms with E-state index in [1.807, 2.05) is 52.1 Å². The van der Waals surface area contributed by atoms with Gasteiger partial charge < -0.3 is 19.1 Å². The van der Waals surface area contributed by atoms with E-state index in [2.05, 4.69) is 21.7 Å². The first kappa shape index (κ1) is 26.7. The molecule has 1 amide bonds. The van der Waals surface area contributed by atoms with Crippen LogP contribution in [0.2, 0.25) is 0 Å². The predicted molar refractivity (Wildman–Crippen MR) is 155 cm³/mol. The van der Waals surface area contributed by atoms with Crippen LogP contribution in [-0.4, -0.2) is 66.1 Å². The number of methoxy groups -OCH3 is 1. The molecule has 0 saturated carbocycles. The Balaban J connectivity index is 1.18. The molecule has 0 aliphatic carbocycles. The zero-order chi connectivity index (χ0) is 27.6. The predicted octanol–water partition coefficient (Wildman–Crippen LogP) is 5.75. The van der Waals surface area contributed by atoms with Crippen molar-refractivity contribution in [2.24, 2.45) is 5.92 Å². The SMILES string of the molecule is COC(=O)Cn1ccc2cccc(C(=O)N3C[C@@H](CN4CCC(c5ccc(F)cc5)CC4)[C@H](c4ccsc4)C3)c21. The molecule has 2 saturated heterocycles. The molecule has 4 aromatic rings. The number of hydrogen-bond acceptors (Lipinski definition) is 5. The van der Waals surface area contributed by atoms with Crippen molar-refractivity contribution < 1.29 is 18.7 Å². The molecule has 0 N–H and O–H groups in total. The van der Waals surface area contributed by atoms with Gasteiger partial charge in [0.25, 0.3) is 5.91 Å². The maximum absolute atomic E-state index is 14.0. The topological polar surface area (TPSA) is 54.8 Å². The van der Waals surface area contributed by atoms with Crippen LogP contribution in [0.3, 0.4) is 0 Å². The summed E-state index contributed by atoms with van der Waals surface area (Å²) in [5.74, 6) is 0.560. The Kier molecular flexibility index (Phi) is 7.71. The molecule has 2 fully saturated rings. The van der Waals surface area contributed by atoms with Crippen LogP contribution >= 0.6 is 11.3 Å². The molecular formula is C32H34FN3O3S. The van der Waals surface area contributed by atoms with Crippen LogP contribution in [0.15, 0.2) is 71.6 Å². The summed E-state index contributed by atoms with van der Waals surface area (Å²) >= 11 is 1.70. The molecule has 4 heterocycles. The molecule has 2 aliphatic rings. The molecule has 0 bridgehead atoms. The largest absolute Gasteiger partial charge is 0.468 e. The van der Waals surface area contributed by atoms with Gasteiger partial charge in [0.15, 0.2) is 0 Å². The Bertz CT molecular complexity index is 1480. The zero-order valence-corrected chi connectivity index (χ0v) is 23.5. The standard InChI is InChI=1S/C32H34FN3O3S/c1-39-30(37)20-35-15-11-24-3-2-4-28(31(24)35)32(38)36-18-26(29(19-36)25-12-16-40-21-25)17-34-13-9-23(10-14-34)22-5-7-27(33)8-6-22/h2-8,11-12,15-16,21,23,26,29H,9-10,13-14,17-20H2,1H3/t26-,29+/m1/s1. The van der Waals surface area contributed by atoms with Gasteiger partial charge in [-0.05, 0) is 90.0 Å². The van der Waals surface area contributed by atoms with Crippen molar-refractivity contribution in [3.63, 3.8) is 0 Å². The Morgan fingerprint density at radius 2 is 1.80 bits per heavy atom. The quantitative estimate of drug-likeness (QED) is 0.271. The number of carbonyl (C=O) groups is 2. The number of para-hydroxylation sites is 1. The smallest absolute Gasteiger partial charge is 0.325 e. The van der Waals surface area contributed by atoms with Crippen LogP contribution in [0.4, 0.5) is 4.39 Å². The van der Waals surface area contributed by atoms with Crippen molar-refractivity contribution >= 4 is 34.1 Å². The average Bonchev–Trinajstić information content (AvgIpc) is 3.74. The van der Waals surface area contributed by atoms with Gasteiger partial charge >= 0.3 is 5.97 Å². The number of esters is 1. The summed E-state index contributed by atoms with van der Waals surface area (Å²) in [6, 6.07) is 16.8. The lowest BCUT2D eigenvalue weighted by Gasteiger charge is -2.34. The number of piperidine rings is 1. The van der Waals surface area contributed by atoms with E-state index < -0.39 is 0 Å². The van der Waals surface area contributed by atoms with E-state index in [0.29, 0.717) is 30.5 Å². The number of rotatable bonds is 7. The van der Waals surface area contributed by atoms with Crippen molar-refractivity contribution in [2.45, 2.75) is 31.2 Å². The van der Waals surface area contributed by atoms with Gasteiger partial charge in [0.1, 0.15) is 12.4 Å². The molecular weight excluding hydrogens is 525 g/mol. The second kappa shape index (κ2) is 11.6. The fourth-order valence-corrected chi connectivity index (χ4v) is 7.27. The van der Waals surface area contributed by atoms with E-state index in [1.165, 1.54) is 18.2 Å². The molecule has 0 radical (unpaired) electrons. The Labute approximate surface area is 238 Å². The summed E-state index contributed by atoms with van der Waals surface area (Å²) in [5.41, 5.74) is 3.92. The lowest BCUT2D eigenvalue weighted by atomic mass is 9.87. The summed E-state index contributed by atoms with van der Waals surface area (Å²) in [6.45, 7) is 4.40. The van der Waals surface area contributed by atoms with Crippen molar-refractivity contribution in [1.29, 1.82) is 0 Å². The first-order chi connectivity index (χ1) is 19.5. The maximum Gasteiger partial charge on any atom is 0.325 e. The van der Waals surface area contributed by atoms with E-state index >= 15 is 0 Å². The summed E-state index contributed by atoms with van der Waals surface area (Å²) < 4.78 is 20.1. The van der Waals surface area contributed by atoms with Crippen molar-refractivity contribution in [1.82, 2.24) is 14.4 Å². The van der Waals surface area contributed by atoms with Crippen molar-refractivity contribution in [3.8, 4) is 0 Å². The van der Waals surface area contributed by atoms with Gasteiger partial charge in [-0.3, -0.25) is 9.59 Å². The fraction of sp³-hybridized carbons (Fsp3) is 0.375. The number of carbonyl (C=O) groups excluding carboxylic acids is 2. The van der Waals surface area contributed by atoms with E-state index in [-0.39, 0.29) is 30.2 Å². The lowest BCUT2D eigenvalue weighted by Crippen LogP contribution is -2.38. The van der Waals surface area contributed by atoms with Crippen LogP contribution in [0.25, 0.3) is 10.9 Å². The van der Waals surface area contributed by atoms with Gasteiger partial charge in [0.2, 0.25) is 0 Å². The highest BCUT2D eigenvalue weighted by Crippen LogP contribution is 2.37. The minimum Gasteiger partial charge on any atom is -0.468 e. The zero-order valence-electron chi connectivity index (χ0n) is 22.7. The van der Waals surface area contributed by atoms with Gasteiger partial charge in [-0.25, -0.2) is 4.39 Å². The van der Waals surface area contributed by atoms with Gasteiger partial charge in [0.05, 0.1) is 18.2 Å². The Morgan fingerprint density at radius 3 is 2.52 bits per heavy atom. The first-order valence-corrected chi connectivity index (χ1v) is 14.9. The number of amides is 1. The van der Waals surface area contributed by atoms with E-state index in [0.717, 1.165) is 43.4 Å². The van der Waals surface area contributed by atoms with Crippen LogP contribution in [0.1, 0.15) is 46.2 Å². The highest BCUT2D eigenvalue weighted by atomic mass is 32.1. The number of hydrogen-bond donors (Lipinski definition) is 0. The Morgan fingerprint density at radius 1 is 1.00 bits per heavy atom. The molecule has 2 atom stereocenters. The highest BCUT2D eigenvalue weighted by molar-refractivity contribution is 7.08. The minimum atomic E-state index is -0.346. The van der Waals surface area contributed by atoms with Gasteiger partial charge in [-0.15, -0.1) is 0 Å². The Hall–Kier alpha value is -3.49. The van der Waals surface area contributed by atoms with E-state index in [4.69, 9.17) is 4.74 Å². The number of halogens is 1. The molecule has 0 unspecified atom stereocenters. The normalized spacial score (nSPS) is 20.3. The molecule has 2 aromatic carbocycles. The highest BCUT2D eigenvalue weighted by Gasteiger charge is 2.38. The molecule has 0 spiro atoms. The summed E-state index contributed by atoms with van der Waals surface area (Å²) in [5, 5.41) is 5.27. The lowest BCUT2D eigenvalue weighted by molar-refractivity contribution is -0.141. The average molecular weight is 560 g/mol. The number of ether oxygens (including phenoxy) is 1. The summed E-state index contributed by atoms with van der Waals surface area (Å²) in [7, 11) is 1.38. The molecule has 2 aliphatic heterocycles. The van der Waals surface area contributed by atoms with Crippen LogP contribution in [-0.2, 0) is 16.1 Å².